The summed E-state index contributed by atoms with van der Waals surface area (Å²) in [5.41, 5.74) is 5.69. The highest BCUT2D eigenvalue weighted by Gasteiger charge is 2.30. The molecular formula is C13H13F3N2S. The lowest BCUT2D eigenvalue weighted by Gasteiger charge is -2.07. The highest BCUT2D eigenvalue weighted by molar-refractivity contribution is 7.11. The largest absolute Gasteiger partial charge is 0.416 e. The Morgan fingerprint density at radius 1 is 1.37 bits per heavy atom. The lowest BCUT2D eigenvalue weighted by Crippen LogP contribution is -2.05. The molecule has 0 aliphatic carbocycles. The normalized spacial score (nSPS) is 13.5. The van der Waals surface area contributed by atoms with Gasteiger partial charge in [-0.15, -0.1) is 11.3 Å². The summed E-state index contributed by atoms with van der Waals surface area (Å²) in [4.78, 5) is 5.11. The number of aromatic nitrogens is 1. The molecule has 1 aromatic carbocycles. The molecule has 2 rings (SSSR count). The number of halogens is 3. The van der Waals surface area contributed by atoms with Gasteiger partial charge in [0.05, 0.1) is 10.6 Å². The minimum absolute atomic E-state index is 0.104. The fraction of sp³-hybridized carbons (Fsp3) is 0.308. The third-order valence-electron chi connectivity index (χ3n) is 2.63. The summed E-state index contributed by atoms with van der Waals surface area (Å²) >= 11 is 1.43. The fourth-order valence-corrected chi connectivity index (χ4v) is 2.56. The van der Waals surface area contributed by atoms with Crippen molar-refractivity contribution in [1.82, 2.24) is 4.98 Å². The molecule has 1 unspecified atom stereocenters. The van der Waals surface area contributed by atoms with Crippen LogP contribution in [0.25, 0.3) is 0 Å². The van der Waals surface area contributed by atoms with Gasteiger partial charge in [-0.05, 0) is 18.6 Å². The van der Waals surface area contributed by atoms with Crippen LogP contribution in [-0.2, 0) is 12.6 Å². The number of thiazole rings is 1. The van der Waals surface area contributed by atoms with Crippen LogP contribution < -0.4 is 5.73 Å². The molecule has 2 nitrogen and oxygen atoms in total. The zero-order valence-corrected chi connectivity index (χ0v) is 11.1. The maximum Gasteiger partial charge on any atom is 0.416 e. The second-order valence-corrected chi connectivity index (χ2v) is 5.47. The summed E-state index contributed by atoms with van der Waals surface area (Å²) in [5, 5.41) is 0.770. The average Bonchev–Trinajstić information content (AvgIpc) is 2.77. The van der Waals surface area contributed by atoms with Crippen molar-refractivity contribution < 1.29 is 13.2 Å². The number of rotatable bonds is 3. The fourth-order valence-electron chi connectivity index (χ4n) is 1.65. The van der Waals surface area contributed by atoms with Crippen LogP contribution in [0.5, 0.6) is 0 Å². The second-order valence-electron chi connectivity index (χ2n) is 4.32. The van der Waals surface area contributed by atoms with Crippen LogP contribution in [0.2, 0.25) is 0 Å². The SMILES string of the molecule is CC(N)c1cnc(Cc2cccc(C(F)(F)F)c2)s1. The van der Waals surface area contributed by atoms with E-state index in [4.69, 9.17) is 5.73 Å². The van der Waals surface area contributed by atoms with Crippen molar-refractivity contribution in [1.29, 1.82) is 0 Å². The highest BCUT2D eigenvalue weighted by atomic mass is 32.1. The van der Waals surface area contributed by atoms with Gasteiger partial charge in [-0.1, -0.05) is 18.2 Å². The number of nitrogens with zero attached hydrogens (tertiary/aromatic N) is 1. The van der Waals surface area contributed by atoms with Gasteiger partial charge in [0, 0.05) is 23.5 Å². The Labute approximate surface area is 113 Å². The van der Waals surface area contributed by atoms with Crippen LogP contribution in [0.4, 0.5) is 13.2 Å². The standard InChI is InChI=1S/C13H13F3N2S/c1-8(17)11-7-18-12(19-11)6-9-3-2-4-10(5-9)13(14,15)16/h2-5,7-8H,6,17H2,1H3. The van der Waals surface area contributed by atoms with Crippen LogP contribution in [0, 0.1) is 0 Å². The van der Waals surface area contributed by atoms with E-state index in [1.807, 2.05) is 6.92 Å². The first kappa shape index (κ1) is 14.0. The van der Waals surface area contributed by atoms with Gasteiger partial charge in [0.25, 0.3) is 0 Å². The molecule has 0 aliphatic rings. The van der Waals surface area contributed by atoms with E-state index in [0.717, 1.165) is 22.0 Å². The zero-order valence-electron chi connectivity index (χ0n) is 10.2. The molecule has 0 saturated carbocycles. The molecule has 0 aliphatic heterocycles. The minimum atomic E-state index is -4.31. The molecule has 0 fully saturated rings. The van der Waals surface area contributed by atoms with Gasteiger partial charge in [-0.3, -0.25) is 0 Å². The number of hydrogen-bond donors (Lipinski definition) is 1. The third-order valence-corrected chi connectivity index (χ3v) is 3.83. The summed E-state index contributed by atoms with van der Waals surface area (Å²) in [6.45, 7) is 1.85. The molecule has 1 aromatic heterocycles. The van der Waals surface area contributed by atoms with Crippen molar-refractivity contribution in [2.24, 2.45) is 5.73 Å². The van der Waals surface area contributed by atoms with Crippen molar-refractivity contribution >= 4 is 11.3 Å². The Hall–Kier alpha value is -1.40. The summed E-state index contributed by atoms with van der Waals surface area (Å²) in [7, 11) is 0. The summed E-state index contributed by atoms with van der Waals surface area (Å²) in [6, 6.07) is 5.21. The molecule has 0 spiro atoms. The maximum absolute atomic E-state index is 12.6. The minimum Gasteiger partial charge on any atom is -0.323 e. The van der Waals surface area contributed by atoms with Gasteiger partial charge < -0.3 is 5.73 Å². The molecule has 2 N–H and O–H groups in total. The molecular weight excluding hydrogens is 273 g/mol. The lowest BCUT2D eigenvalue weighted by molar-refractivity contribution is -0.137. The smallest absolute Gasteiger partial charge is 0.323 e. The van der Waals surface area contributed by atoms with E-state index in [1.165, 1.54) is 17.4 Å². The first-order chi connectivity index (χ1) is 8.86. The molecule has 0 radical (unpaired) electrons. The predicted molar refractivity (Wildman–Crippen MR) is 69.0 cm³/mol. The van der Waals surface area contributed by atoms with E-state index >= 15 is 0 Å². The van der Waals surface area contributed by atoms with Crippen LogP contribution >= 0.6 is 11.3 Å². The monoisotopic (exact) mass is 286 g/mol. The molecule has 19 heavy (non-hydrogen) atoms. The second kappa shape index (κ2) is 5.30. The maximum atomic E-state index is 12.6. The van der Waals surface area contributed by atoms with Crippen molar-refractivity contribution in [2.45, 2.75) is 25.6 Å². The molecule has 6 heteroatoms. The number of hydrogen-bond acceptors (Lipinski definition) is 3. The van der Waals surface area contributed by atoms with E-state index in [9.17, 15) is 13.2 Å². The first-order valence-electron chi connectivity index (χ1n) is 5.72. The van der Waals surface area contributed by atoms with Gasteiger partial charge >= 0.3 is 6.18 Å². The Morgan fingerprint density at radius 2 is 2.11 bits per heavy atom. The Morgan fingerprint density at radius 3 is 2.68 bits per heavy atom. The van der Waals surface area contributed by atoms with E-state index in [1.54, 1.807) is 12.3 Å². The Balaban J connectivity index is 2.19. The zero-order chi connectivity index (χ0) is 14.0. The lowest BCUT2D eigenvalue weighted by atomic mass is 10.1. The van der Waals surface area contributed by atoms with Crippen molar-refractivity contribution in [2.75, 3.05) is 0 Å². The average molecular weight is 286 g/mol. The topological polar surface area (TPSA) is 38.9 Å². The Kier molecular flexibility index (Phi) is 3.91. The molecule has 0 amide bonds. The van der Waals surface area contributed by atoms with Gasteiger partial charge in [0.1, 0.15) is 0 Å². The molecule has 0 saturated heterocycles. The van der Waals surface area contributed by atoms with E-state index < -0.39 is 11.7 Å². The van der Waals surface area contributed by atoms with Gasteiger partial charge in [0.2, 0.25) is 0 Å². The quantitative estimate of drug-likeness (QED) is 0.932. The van der Waals surface area contributed by atoms with E-state index in [-0.39, 0.29) is 6.04 Å². The molecule has 1 heterocycles. The van der Waals surface area contributed by atoms with Crippen LogP contribution in [0.1, 0.15) is 34.0 Å². The first-order valence-corrected chi connectivity index (χ1v) is 6.54. The number of alkyl halides is 3. The van der Waals surface area contributed by atoms with Crippen molar-refractivity contribution in [3.8, 4) is 0 Å². The Bertz CT molecular complexity index is 561. The number of benzene rings is 1. The summed E-state index contributed by atoms with van der Waals surface area (Å²) < 4.78 is 37.8. The molecule has 2 aromatic rings. The van der Waals surface area contributed by atoms with Crippen LogP contribution in [-0.4, -0.2) is 4.98 Å². The molecule has 1 atom stereocenters. The van der Waals surface area contributed by atoms with Crippen molar-refractivity contribution in [3.63, 3.8) is 0 Å². The van der Waals surface area contributed by atoms with Crippen LogP contribution in [0.3, 0.4) is 0 Å². The molecule has 0 bridgehead atoms. The molecule has 102 valence electrons. The van der Waals surface area contributed by atoms with Crippen LogP contribution in [0.15, 0.2) is 30.5 Å². The van der Waals surface area contributed by atoms with Crippen molar-refractivity contribution in [3.05, 3.63) is 51.5 Å². The highest BCUT2D eigenvalue weighted by Crippen LogP contribution is 2.30. The van der Waals surface area contributed by atoms with Gasteiger partial charge in [0.15, 0.2) is 0 Å². The van der Waals surface area contributed by atoms with Gasteiger partial charge in [-0.25, -0.2) is 4.98 Å². The van der Waals surface area contributed by atoms with E-state index in [2.05, 4.69) is 4.98 Å². The number of nitrogens with two attached hydrogens (primary N) is 1. The predicted octanol–water partition coefficient (Wildman–Crippen LogP) is 3.77. The van der Waals surface area contributed by atoms with E-state index in [0.29, 0.717) is 12.0 Å². The summed E-state index contributed by atoms with van der Waals surface area (Å²) in [5.74, 6) is 0. The van der Waals surface area contributed by atoms with Gasteiger partial charge in [-0.2, -0.15) is 13.2 Å². The third kappa shape index (κ3) is 3.54. The summed E-state index contributed by atoms with van der Waals surface area (Å²) in [6.07, 6.45) is -2.24.